The average molecular weight is 471 g/mol. The van der Waals surface area contributed by atoms with Crippen molar-refractivity contribution in [3.8, 4) is 0 Å². The van der Waals surface area contributed by atoms with Gasteiger partial charge in [0.05, 0.1) is 12.2 Å². The van der Waals surface area contributed by atoms with Crippen LogP contribution in [0.2, 0.25) is 0 Å². The number of guanidine groups is 1. The van der Waals surface area contributed by atoms with Crippen molar-refractivity contribution >= 4 is 35.8 Å². The Morgan fingerprint density at radius 1 is 1.15 bits per heavy atom. The fraction of sp³-hybridized carbons (Fsp3) is 0.278. The summed E-state index contributed by atoms with van der Waals surface area (Å²) in [6.45, 7) is 3.08. The summed E-state index contributed by atoms with van der Waals surface area (Å²) in [5, 5.41) is 8.96. The molecule has 26 heavy (non-hydrogen) atoms. The van der Waals surface area contributed by atoms with E-state index in [0.29, 0.717) is 36.7 Å². The van der Waals surface area contributed by atoms with E-state index in [2.05, 4.69) is 25.9 Å². The van der Waals surface area contributed by atoms with Crippen molar-refractivity contribution in [2.75, 3.05) is 20.1 Å². The van der Waals surface area contributed by atoms with Gasteiger partial charge in [0.15, 0.2) is 5.96 Å². The molecule has 1 amide bonds. The Kier molecular flexibility index (Phi) is 9.56. The maximum Gasteiger partial charge on any atom is 0.251 e. The van der Waals surface area contributed by atoms with Crippen LogP contribution in [0.25, 0.3) is 0 Å². The van der Waals surface area contributed by atoms with Crippen molar-refractivity contribution in [3.63, 3.8) is 0 Å². The number of aryl methyl sites for hydroxylation is 1. The fourth-order valence-corrected chi connectivity index (χ4v) is 2.09. The van der Waals surface area contributed by atoms with Crippen molar-refractivity contribution in [2.45, 2.75) is 13.5 Å². The van der Waals surface area contributed by atoms with Gasteiger partial charge in [-0.2, -0.15) is 0 Å². The Bertz CT molecular complexity index is 740. The van der Waals surface area contributed by atoms with Crippen molar-refractivity contribution in [3.05, 3.63) is 65.2 Å². The van der Waals surface area contributed by atoms with Crippen molar-refractivity contribution < 1.29 is 9.18 Å². The van der Waals surface area contributed by atoms with E-state index in [-0.39, 0.29) is 35.7 Å². The van der Waals surface area contributed by atoms with E-state index < -0.39 is 0 Å². The molecule has 8 heteroatoms. The quantitative estimate of drug-likeness (QED) is 0.262. The molecular formula is C18H23FIN5O. The molecule has 0 bridgehead atoms. The highest BCUT2D eigenvalue weighted by atomic mass is 127. The molecule has 0 aliphatic rings. The van der Waals surface area contributed by atoms with Gasteiger partial charge < -0.3 is 16.0 Å². The topological polar surface area (TPSA) is 78.4 Å². The molecule has 0 unspecified atom stereocenters. The minimum Gasteiger partial charge on any atom is -0.355 e. The lowest BCUT2D eigenvalue weighted by Gasteiger charge is -2.12. The summed E-state index contributed by atoms with van der Waals surface area (Å²) in [7, 11) is 1.67. The summed E-state index contributed by atoms with van der Waals surface area (Å²) in [6, 6.07) is 10.1. The predicted molar refractivity (Wildman–Crippen MR) is 111 cm³/mol. The van der Waals surface area contributed by atoms with Gasteiger partial charge in [0.2, 0.25) is 0 Å². The van der Waals surface area contributed by atoms with Gasteiger partial charge in [-0.05, 0) is 36.8 Å². The molecule has 2 rings (SSSR count). The van der Waals surface area contributed by atoms with Gasteiger partial charge in [-0.3, -0.25) is 14.8 Å². The maximum absolute atomic E-state index is 13.5. The maximum atomic E-state index is 13.5. The van der Waals surface area contributed by atoms with Gasteiger partial charge in [0.25, 0.3) is 5.91 Å². The summed E-state index contributed by atoms with van der Waals surface area (Å²) < 4.78 is 13.5. The molecule has 1 aromatic carbocycles. The smallest absolute Gasteiger partial charge is 0.251 e. The molecule has 0 aliphatic carbocycles. The van der Waals surface area contributed by atoms with E-state index in [9.17, 15) is 9.18 Å². The highest BCUT2D eigenvalue weighted by molar-refractivity contribution is 14.0. The van der Waals surface area contributed by atoms with E-state index >= 15 is 0 Å². The third kappa shape index (κ3) is 6.95. The van der Waals surface area contributed by atoms with Gasteiger partial charge >= 0.3 is 0 Å². The second-order valence-electron chi connectivity index (χ2n) is 5.39. The first-order chi connectivity index (χ1) is 12.1. The van der Waals surface area contributed by atoms with E-state index in [1.165, 1.54) is 6.07 Å². The minimum atomic E-state index is -0.384. The second kappa shape index (κ2) is 11.4. The standard InChI is InChI=1S/C18H22FN5O.HI/c1-13-6-7-14(11-16(13)19)17(25)22-9-10-23-18(20-2)24-12-15-5-3-4-8-21-15;/h3-8,11H,9-10,12H2,1-2H3,(H,22,25)(H2,20,23,24);1H. The van der Waals surface area contributed by atoms with Crippen LogP contribution >= 0.6 is 24.0 Å². The van der Waals surface area contributed by atoms with Gasteiger partial charge in [-0.1, -0.05) is 12.1 Å². The zero-order chi connectivity index (χ0) is 18.1. The van der Waals surface area contributed by atoms with Crippen LogP contribution in [-0.4, -0.2) is 37.0 Å². The lowest BCUT2D eigenvalue weighted by molar-refractivity contribution is 0.0954. The molecule has 3 N–H and O–H groups in total. The normalized spacial score (nSPS) is 10.7. The summed E-state index contributed by atoms with van der Waals surface area (Å²) in [5.41, 5.74) is 1.72. The highest BCUT2D eigenvalue weighted by Crippen LogP contribution is 2.08. The third-order valence-corrected chi connectivity index (χ3v) is 3.52. The number of hydrogen-bond donors (Lipinski definition) is 3. The Labute approximate surface area is 169 Å². The number of halogens is 2. The first-order valence-corrected chi connectivity index (χ1v) is 7.99. The molecule has 0 saturated heterocycles. The summed E-state index contributed by atoms with van der Waals surface area (Å²) in [4.78, 5) is 20.3. The Morgan fingerprint density at radius 2 is 1.92 bits per heavy atom. The van der Waals surface area contributed by atoms with Crippen LogP contribution in [0.15, 0.2) is 47.6 Å². The van der Waals surface area contributed by atoms with E-state index in [1.807, 2.05) is 18.2 Å². The first kappa shape index (κ1) is 21.8. The number of carbonyl (C=O) groups excluding carboxylic acids is 1. The van der Waals surface area contributed by atoms with E-state index in [4.69, 9.17) is 0 Å². The highest BCUT2D eigenvalue weighted by Gasteiger charge is 2.07. The first-order valence-electron chi connectivity index (χ1n) is 7.99. The predicted octanol–water partition coefficient (Wildman–Crippen LogP) is 2.24. The van der Waals surface area contributed by atoms with Gasteiger partial charge in [0.1, 0.15) is 5.82 Å². The number of benzene rings is 1. The third-order valence-electron chi connectivity index (χ3n) is 3.52. The van der Waals surface area contributed by atoms with Crippen LogP contribution in [0.3, 0.4) is 0 Å². The van der Waals surface area contributed by atoms with Crippen LogP contribution in [0.5, 0.6) is 0 Å². The van der Waals surface area contributed by atoms with E-state index in [1.54, 1.807) is 32.3 Å². The molecule has 2 aromatic rings. The number of aromatic nitrogens is 1. The monoisotopic (exact) mass is 471 g/mol. The largest absolute Gasteiger partial charge is 0.355 e. The Balaban J connectivity index is 0.00000338. The number of nitrogens with one attached hydrogen (secondary N) is 3. The zero-order valence-corrected chi connectivity index (χ0v) is 17.1. The lowest BCUT2D eigenvalue weighted by Crippen LogP contribution is -2.41. The van der Waals surface area contributed by atoms with Crippen LogP contribution < -0.4 is 16.0 Å². The number of amides is 1. The van der Waals surface area contributed by atoms with Gasteiger partial charge in [0, 0.05) is 31.9 Å². The molecule has 1 aromatic heterocycles. The molecule has 0 spiro atoms. The lowest BCUT2D eigenvalue weighted by atomic mass is 10.1. The summed E-state index contributed by atoms with van der Waals surface area (Å²) in [6.07, 6.45) is 1.73. The van der Waals surface area contributed by atoms with Crippen LogP contribution in [0.1, 0.15) is 21.6 Å². The van der Waals surface area contributed by atoms with Crippen LogP contribution in [0.4, 0.5) is 4.39 Å². The van der Waals surface area contributed by atoms with Crippen molar-refractivity contribution in [2.24, 2.45) is 4.99 Å². The van der Waals surface area contributed by atoms with Crippen LogP contribution in [0, 0.1) is 12.7 Å². The number of pyridine rings is 1. The van der Waals surface area contributed by atoms with Gasteiger partial charge in [-0.15, -0.1) is 24.0 Å². The molecule has 0 aliphatic heterocycles. The fourth-order valence-electron chi connectivity index (χ4n) is 2.09. The van der Waals surface area contributed by atoms with Gasteiger partial charge in [-0.25, -0.2) is 4.39 Å². The Hall–Kier alpha value is -2.23. The zero-order valence-electron chi connectivity index (χ0n) is 14.8. The number of hydrogen-bond acceptors (Lipinski definition) is 3. The molecule has 0 fully saturated rings. The number of aliphatic imine (C=N–C) groups is 1. The minimum absolute atomic E-state index is 0. The molecule has 1 heterocycles. The molecule has 0 radical (unpaired) electrons. The molecule has 0 saturated carbocycles. The molecule has 6 nitrogen and oxygen atoms in total. The number of carbonyl (C=O) groups is 1. The van der Waals surface area contributed by atoms with Crippen LogP contribution in [-0.2, 0) is 6.54 Å². The summed E-state index contributed by atoms with van der Waals surface area (Å²) >= 11 is 0. The average Bonchev–Trinajstić information content (AvgIpc) is 2.64. The number of nitrogens with zero attached hydrogens (tertiary/aromatic N) is 2. The molecule has 0 atom stereocenters. The Morgan fingerprint density at radius 3 is 2.58 bits per heavy atom. The SMILES string of the molecule is CN=C(NCCNC(=O)c1ccc(C)c(F)c1)NCc1ccccn1.I. The van der Waals surface area contributed by atoms with Crippen molar-refractivity contribution in [1.29, 1.82) is 0 Å². The summed E-state index contributed by atoms with van der Waals surface area (Å²) in [5.74, 6) is -0.0803. The molecular weight excluding hydrogens is 448 g/mol. The van der Waals surface area contributed by atoms with E-state index in [0.717, 1.165) is 5.69 Å². The van der Waals surface area contributed by atoms with Crippen molar-refractivity contribution in [1.82, 2.24) is 20.9 Å². The molecule has 140 valence electrons. The number of rotatable bonds is 6. The second-order valence-corrected chi connectivity index (χ2v) is 5.39.